The Morgan fingerprint density at radius 1 is 0.977 bits per heavy atom. The molecule has 3 N–H and O–H groups in total. The summed E-state index contributed by atoms with van der Waals surface area (Å²) in [6.45, 7) is 8.71. The normalized spacial score (nSPS) is 16.7. The highest BCUT2D eigenvalue weighted by Crippen LogP contribution is 2.34. The van der Waals surface area contributed by atoms with Gasteiger partial charge in [0.15, 0.2) is 17.4 Å². The number of aromatic amines is 2. The molecule has 1 fully saturated rings. The number of phenols is 1. The van der Waals surface area contributed by atoms with Gasteiger partial charge in [-0.05, 0) is 67.4 Å². The number of aromatic nitrogens is 6. The van der Waals surface area contributed by atoms with Crippen LogP contribution in [0.5, 0.6) is 5.75 Å². The van der Waals surface area contributed by atoms with Crippen LogP contribution >= 0.6 is 0 Å². The van der Waals surface area contributed by atoms with Crippen LogP contribution in [-0.2, 0) is 25.8 Å². The molecule has 0 amide bonds. The molecule has 7 rings (SSSR count). The summed E-state index contributed by atoms with van der Waals surface area (Å²) in [5, 5.41) is 18.5. The first-order chi connectivity index (χ1) is 21.4. The van der Waals surface area contributed by atoms with Gasteiger partial charge in [-0.2, -0.15) is 5.10 Å². The van der Waals surface area contributed by atoms with Gasteiger partial charge in [-0.15, -0.1) is 0 Å². The first kappa shape index (κ1) is 28.4. The van der Waals surface area contributed by atoms with Crippen molar-refractivity contribution in [2.45, 2.75) is 39.2 Å². The number of imidazole rings is 1. The summed E-state index contributed by atoms with van der Waals surface area (Å²) < 4.78 is 14.2. The molecular formula is C33H38FN9O. The summed E-state index contributed by atoms with van der Waals surface area (Å²) in [5.74, 6) is 0.786. The topological polar surface area (TPSA) is 113 Å². The van der Waals surface area contributed by atoms with Gasteiger partial charge < -0.3 is 19.9 Å². The SMILES string of the molecule is CCc1cc(O)c(F)cc1-c1ccc2c(-c3nc4c([nH]3)CCN(Cc3cncc(N5CCCN(C)CC5)n3)CC4)n[nH]c2c1. The van der Waals surface area contributed by atoms with Gasteiger partial charge >= 0.3 is 0 Å². The molecule has 2 aliphatic rings. The smallest absolute Gasteiger partial charge is 0.165 e. The van der Waals surface area contributed by atoms with Crippen molar-refractivity contribution in [1.82, 2.24) is 39.9 Å². The largest absolute Gasteiger partial charge is 0.505 e. The van der Waals surface area contributed by atoms with Crippen molar-refractivity contribution in [1.29, 1.82) is 0 Å². The van der Waals surface area contributed by atoms with E-state index in [9.17, 15) is 9.50 Å². The second-order valence-corrected chi connectivity index (χ2v) is 11.9. The number of likely N-dealkylation sites (N-methyl/N-ethyl adjacent to an activating group) is 1. The number of nitrogens with zero attached hydrogens (tertiary/aromatic N) is 7. The van der Waals surface area contributed by atoms with E-state index in [2.05, 4.69) is 41.9 Å². The van der Waals surface area contributed by atoms with Crippen molar-refractivity contribution in [3.63, 3.8) is 0 Å². The monoisotopic (exact) mass is 595 g/mol. The number of hydrogen-bond donors (Lipinski definition) is 3. The maximum atomic E-state index is 14.2. The molecule has 0 saturated carbocycles. The summed E-state index contributed by atoms with van der Waals surface area (Å²) in [6, 6.07) is 8.86. The number of hydrogen-bond acceptors (Lipinski definition) is 8. The average Bonchev–Trinajstić information content (AvgIpc) is 3.51. The molecule has 0 atom stereocenters. The summed E-state index contributed by atoms with van der Waals surface area (Å²) in [4.78, 5) is 25.2. The minimum atomic E-state index is -0.624. The number of fused-ring (bicyclic) bond motifs is 2. The predicted octanol–water partition coefficient (Wildman–Crippen LogP) is 4.56. The van der Waals surface area contributed by atoms with E-state index in [1.165, 1.54) is 12.1 Å². The lowest BCUT2D eigenvalue weighted by Crippen LogP contribution is -2.30. The van der Waals surface area contributed by atoms with Crippen molar-refractivity contribution in [3.05, 3.63) is 71.2 Å². The molecule has 5 heterocycles. The molecule has 2 aliphatic heterocycles. The molecule has 228 valence electrons. The van der Waals surface area contributed by atoms with E-state index in [1.54, 1.807) is 0 Å². The minimum absolute atomic E-state index is 0.323. The van der Waals surface area contributed by atoms with Crippen LogP contribution in [0.4, 0.5) is 10.2 Å². The van der Waals surface area contributed by atoms with Crippen LogP contribution in [0, 0.1) is 5.82 Å². The zero-order valence-corrected chi connectivity index (χ0v) is 25.3. The third-order valence-electron chi connectivity index (χ3n) is 8.96. The molecule has 3 aromatic heterocycles. The highest BCUT2D eigenvalue weighted by atomic mass is 19.1. The molecule has 5 aromatic rings. The van der Waals surface area contributed by atoms with Gasteiger partial charge in [-0.1, -0.05) is 13.0 Å². The maximum absolute atomic E-state index is 14.2. The number of H-pyrrole nitrogens is 2. The lowest BCUT2D eigenvalue weighted by atomic mass is 9.96. The fraction of sp³-hybridized carbons (Fsp3) is 0.394. The molecule has 0 unspecified atom stereocenters. The number of anilines is 1. The third-order valence-corrected chi connectivity index (χ3v) is 8.96. The van der Waals surface area contributed by atoms with Crippen molar-refractivity contribution in [3.8, 4) is 28.4 Å². The number of aromatic hydroxyl groups is 1. The Balaban J connectivity index is 1.05. The van der Waals surface area contributed by atoms with E-state index in [4.69, 9.17) is 9.97 Å². The van der Waals surface area contributed by atoms with E-state index in [-0.39, 0.29) is 5.75 Å². The Morgan fingerprint density at radius 3 is 2.75 bits per heavy atom. The zero-order chi connectivity index (χ0) is 30.2. The average molecular weight is 596 g/mol. The van der Waals surface area contributed by atoms with E-state index in [0.29, 0.717) is 6.42 Å². The Bertz CT molecular complexity index is 1770. The Morgan fingerprint density at radius 2 is 1.86 bits per heavy atom. The highest BCUT2D eigenvalue weighted by Gasteiger charge is 2.22. The number of nitrogens with one attached hydrogen (secondary N) is 2. The van der Waals surface area contributed by atoms with Crippen LogP contribution in [0.3, 0.4) is 0 Å². The number of benzene rings is 2. The molecule has 11 heteroatoms. The van der Waals surface area contributed by atoms with Gasteiger partial charge in [0.2, 0.25) is 0 Å². The van der Waals surface area contributed by atoms with Crippen molar-refractivity contribution in [2.24, 2.45) is 0 Å². The molecular weight excluding hydrogens is 557 g/mol. The van der Waals surface area contributed by atoms with Crippen molar-refractivity contribution < 1.29 is 9.50 Å². The quantitative estimate of drug-likeness (QED) is 0.262. The third kappa shape index (κ3) is 5.65. The summed E-state index contributed by atoms with van der Waals surface area (Å²) in [7, 11) is 2.18. The molecule has 10 nitrogen and oxygen atoms in total. The summed E-state index contributed by atoms with van der Waals surface area (Å²) in [5.41, 5.74) is 7.37. The Labute approximate surface area is 256 Å². The van der Waals surface area contributed by atoms with Crippen LogP contribution < -0.4 is 4.90 Å². The van der Waals surface area contributed by atoms with Crippen LogP contribution in [0.1, 0.15) is 36.0 Å². The Kier molecular flexibility index (Phi) is 7.73. The minimum Gasteiger partial charge on any atom is -0.505 e. The first-order valence-corrected chi connectivity index (χ1v) is 15.5. The second kappa shape index (κ2) is 12.0. The molecule has 2 aromatic carbocycles. The lowest BCUT2D eigenvalue weighted by molar-refractivity contribution is 0.274. The standard InChI is InChI=1S/C33H38FN9O/c1-3-21-16-30(44)26(34)17-25(21)22-5-6-24-29(15-22)39-40-32(24)33-37-27-7-11-42(12-8-28(27)38-33)20-23-18-35-19-31(36-23)43-10-4-9-41(2)13-14-43/h5-6,15-19,44H,3-4,7-14,20H2,1-2H3,(H,37,38)(H,39,40). The Hall–Kier alpha value is -4.35. The fourth-order valence-corrected chi connectivity index (χ4v) is 6.44. The second-order valence-electron chi connectivity index (χ2n) is 11.9. The van der Waals surface area contributed by atoms with Gasteiger partial charge in [0.25, 0.3) is 0 Å². The van der Waals surface area contributed by atoms with Gasteiger partial charge in [0, 0.05) is 69.4 Å². The van der Waals surface area contributed by atoms with Crippen LogP contribution in [0.25, 0.3) is 33.5 Å². The van der Waals surface area contributed by atoms with Gasteiger partial charge in [-0.3, -0.25) is 15.0 Å². The lowest BCUT2D eigenvalue weighted by Gasteiger charge is -2.23. The molecule has 0 radical (unpaired) electrons. The number of rotatable bonds is 6. The first-order valence-electron chi connectivity index (χ1n) is 15.5. The van der Waals surface area contributed by atoms with Gasteiger partial charge in [0.1, 0.15) is 11.5 Å². The molecule has 0 spiro atoms. The number of phenolic OH excluding ortho intramolecular Hbond substituents is 1. The van der Waals surface area contributed by atoms with E-state index >= 15 is 0 Å². The van der Waals surface area contributed by atoms with Gasteiger partial charge in [0.05, 0.1) is 23.1 Å². The van der Waals surface area contributed by atoms with E-state index in [0.717, 1.165) is 127 Å². The summed E-state index contributed by atoms with van der Waals surface area (Å²) >= 11 is 0. The van der Waals surface area contributed by atoms with Crippen LogP contribution in [-0.4, -0.2) is 91.4 Å². The van der Waals surface area contributed by atoms with Crippen molar-refractivity contribution >= 4 is 16.7 Å². The zero-order valence-electron chi connectivity index (χ0n) is 25.3. The number of halogens is 1. The summed E-state index contributed by atoms with van der Waals surface area (Å²) in [6.07, 6.45) is 7.31. The highest BCUT2D eigenvalue weighted by molar-refractivity contribution is 5.94. The van der Waals surface area contributed by atoms with Crippen LogP contribution in [0.15, 0.2) is 42.7 Å². The van der Waals surface area contributed by atoms with E-state index < -0.39 is 5.82 Å². The molecule has 0 aliphatic carbocycles. The number of aryl methyl sites for hydroxylation is 1. The van der Waals surface area contributed by atoms with Gasteiger partial charge in [-0.25, -0.2) is 14.4 Å². The molecule has 44 heavy (non-hydrogen) atoms. The predicted molar refractivity (Wildman–Crippen MR) is 169 cm³/mol. The van der Waals surface area contributed by atoms with E-state index in [1.807, 2.05) is 37.5 Å². The fourth-order valence-electron chi connectivity index (χ4n) is 6.44. The van der Waals surface area contributed by atoms with Crippen LogP contribution in [0.2, 0.25) is 0 Å². The molecule has 1 saturated heterocycles. The van der Waals surface area contributed by atoms with Crippen molar-refractivity contribution in [2.75, 3.05) is 51.2 Å². The maximum Gasteiger partial charge on any atom is 0.165 e. The molecule has 0 bridgehead atoms.